The molecule has 0 unspecified atom stereocenters. The van der Waals surface area contributed by atoms with Gasteiger partial charge in [0.2, 0.25) is 0 Å². The normalized spacial score (nSPS) is 13.4. The van der Waals surface area contributed by atoms with E-state index in [1.165, 1.54) is 14.2 Å². The maximum Gasteiger partial charge on any atom is 0.497 e. The van der Waals surface area contributed by atoms with Crippen molar-refractivity contribution in [2.75, 3.05) is 14.2 Å². The number of alkyl halides is 6. The van der Waals surface area contributed by atoms with Crippen LogP contribution in [0.2, 0.25) is 6.04 Å². The molecule has 132 valence electrons. The standard InChI is InChI=1S/C13H16F6O3Si/c1-21-23(20,22-2)5-3-4-9-6-10(12(14,15)16)8-11(7-9)13(17,18)19/h6-8,20H,3-5H2,1-2H3. The Hall–Kier alpha value is -1.10. The second-order valence-electron chi connectivity index (χ2n) is 4.89. The predicted octanol–water partition coefficient (Wildman–Crippen LogP) is 3.88. The summed E-state index contributed by atoms with van der Waals surface area (Å²) in [5.74, 6) is 0. The maximum atomic E-state index is 12.7. The van der Waals surface area contributed by atoms with Crippen LogP contribution in [-0.4, -0.2) is 27.8 Å². The smallest absolute Gasteiger partial charge is 0.390 e. The van der Waals surface area contributed by atoms with E-state index in [0.29, 0.717) is 12.1 Å². The van der Waals surface area contributed by atoms with Crippen LogP contribution in [0.15, 0.2) is 18.2 Å². The van der Waals surface area contributed by atoms with Crippen molar-refractivity contribution in [3.63, 3.8) is 0 Å². The Balaban J connectivity index is 2.98. The van der Waals surface area contributed by atoms with E-state index in [4.69, 9.17) is 8.85 Å². The van der Waals surface area contributed by atoms with Gasteiger partial charge in [-0.15, -0.1) is 0 Å². The molecular formula is C13H16F6O3Si. The van der Waals surface area contributed by atoms with Crippen LogP contribution in [0.25, 0.3) is 0 Å². The van der Waals surface area contributed by atoms with E-state index in [-0.39, 0.29) is 30.5 Å². The highest BCUT2D eigenvalue weighted by Gasteiger charge is 2.37. The maximum absolute atomic E-state index is 12.7. The van der Waals surface area contributed by atoms with Crippen LogP contribution < -0.4 is 0 Å². The summed E-state index contributed by atoms with van der Waals surface area (Å²) in [5.41, 5.74) is -2.82. The summed E-state index contributed by atoms with van der Waals surface area (Å²) in [7, 11) is -0.948. The third-order valence-corrected chi connectivity index (χ3v) is 5.50. The lowest BCUT2D eigenvalue weighted by molar-refractivity contribution is -0.143. The molecule has 0 fully saturated rings. The minimum Gasteiger partial charge on any atom is -0.390 e. The highest BCUT2D eigenvalue weighted by atomic mass is 28.4. The van der Waals surface area contributed by atoms with Gasteiger partial charge in [0.05, 0.1) is 11.1 Å². The van der Waals surface area contributed by atoms with Crippen molar-refractivity contribution >= 4 is 8.80 Å². The van der Waals surface area contributed by atoms with Crippen LogP contribution in [0.5, 0.6) is 0 Å². The van der Waals surface area contributed by atoms with Gasteiger partial charge in [0.25, 0.3) is 0 Å². The van der Waals surface area contributed by atoms with Gasteiger partial charge in [-0.05, 0) is 36.6 Å². The molecule has 0 spiro atoms. The van der Waals surface area contributed by atoms with E-state index in [9.17, 15) is 31.1 Å². The molecule has 1 rings (SSSR count). The molecule has 0 radical (unpaired) electrons. The summed E-state index contributed by atoms with van der Waals surface area (Å²) in [4.78, 5) is 9.81. The van der Waals surface area contributed by atoms with Crippen molar-refractivity contribution in [2.45, 2.75) is 31.2 Å². The number of hydrogen-bond acceptors (Lipinski definition) is 3. The molecule has 0 saturated carbocycles. The summed E-state index contributed by atoms with van der Waals surface area (Å²) in [6.07, 6.45) is -9.69. The highest BCUT2D eigenvalue weighted by molar-refractivity contribution is 6.59. The Morgan fingerprint density at radius 2 is 1.35 bits per heavy atom. The van der Waals surface area contributed by atoms with Crippen molar-refractivity contribution in [3.05, 3.63) is 34.9 Å². The summed E-state index contributed by atoms with van der Waals surface area (Å²) in [6.45, 7) is 0. The highest BCUT2D eigenvalue weighted by Crippen LogP contribution is 2.36. The topological polar surface area (TPSA) is 38.7 Å². The Morgan fingerprint density at radius 1 is 0.913 bits per heavy atom. The lowest BCUT2D eigenvalue weighted by Crippen LogP contribution is -2.40. The zero-order valence-electron chi connectivity index (χ0n) is 12.4. The molecule has 23 heavy (non-hydrogen) atoms. The first-order chi connectivity index (χ1) is 10.4. The molecule has 1 aromatic carbocycles. The van der Waals surface area contributed by atoms with Gasteiger partial charge in [-0.25, -0.2) is 0 Å². The lowest BCUT2D eigenvalue weighted by atomic mass is 10.0. The van der Waals surface area contributed by atoms with Gasteiger partial charge in [-0.1, -0.05) is 0 Å². The van der Waals surface area contributed by atoms with Crippen LogP contribution in [0.4, 0.5) is 26.3 Å². The molecule has 1 N–H and O–H groups in total. The first-order valence-electron chi connectivity index (χ1n) is 6.52. The molecule has 0 saturated heterocycles. The number of benzene rings is 1. The summed E-state index contributed by atoms with van der Waals surface area (Å²) in [5, 5.41) is 0. The molecule has 0 aliphatic carbocycles. The van der Waals surface area contributed by atoms with Gasteiger partial charge < -0.3 is 13.6 Å². The second-order valence-corrected chi connectivity index (χ2v) is 7.63. The first-order valence-corrected chi connectivity index (χ1v) is 8.49. The van der Waals surface area contributed by atoms with Crippen molar-refractivity contribution < 1.29 is 40.0 Å². The van der Waals surface area contributed by atoms with Crippen LogP contribution in [0.3, 0.4) is 0 Å². The Kier molecular flexibility index (Phi) is 6.24. The molecular weight excluding hydrogens is 346 g/mol. The van der Waals surface area contributed by atoms with Crippen molar-refractivity contribution in [1.82, 2.24) is 0 Å². The SMILES string of the molecule is CO[Si](O)(CCCc1cc(C(F)(F)F)cc(C(F)(F)F)c1)OC. The molecule has 3 nitrogen and oxygen atoms in total. The van der Waals surface area contributed by atoms with Crippen molar-refractivity contribution in [2.24, 2.45) is 0 Å². The Morgan fingerprint density at radius 3 is 1.70 bits per heavy atom. The fourth-order valence-electron chi connectivity index (χ4n) is 1.97. The van der Waals surface area contributed by atoms with Gasteiger partial charge in [0.1, 0.15) is 0 Å². The van der Waals surface area contributed by atoms with Crippen molar-refractivity contribution in [1.29, 1.82) is 0 Å². The van der Waals surface area contributed by atoms with Crippen LogP contribution in [0.1, 0.15) is 23.1 Å². The minimum absolute atomic E-state index is 0.0254. The molecule has 0 aromatic heterocycles. The third-order valence-electron chi connectivity index (χ3n) is 3.24. The van der Waals surface area contributed by atoms with Crippen LogP contribution in [-0.2, 0) is 27.6 Å². The van der Waals surface area contributed by atoms with Gasteiger partial charge in [0.15, 0.2) is 0 Å². The zero-order chi connectivity index (χ0) is 17.9. The molecule has 0 heterocycles. The van der Waals surface area contributed by atoms with Crippen LogP contribution >= 0.6 is 0 Å². The van der Waals surface area contributed by atoms with E-state index in [1.54, 1.807) is 0 Å². The molecule has 0 aliphatic rings. The van der Waals surface area contributed by atoms with E-state index >= 15 is 0 Å². The quantitative estimate of drug-likeness (QED) is 0.617. The molecule has 0 atom stereocenters. The van der Waals surface area contributed by atoms with Gasteiger partial charge in [0, 0.05) is 20.3 Å². The number of hydrogen-bond donors (Lipinski definition) is 1. The largest absolute Gasteiger partial charge is 0.497 e. The monoisotopic (exact) mass is 362 g/mol. The lowest BCUT2D eigenvalue weighted by Gasteiger charge is -2.19. The first kappa shape index (κ1) is 19.9. The minimum atomic E-state index is -4.87. The predicted molar refractivity (Wildman–Crippen MR) is 71.6 cm³/mol. The van der Waals surface area contributed by atoms with Crippen LogP contribution in [0, 0.1) is 0 Å². The summed E-state index contributed by atoms with van der Waals surface area (Å²) in [6, 6.07) is 1.46. The zero-order valence-corrected chi connectivity index (χ0v) is 13.4. The number of rotatable bonds is 6. The molecule has 1 aromatic rings. The van der Waals surface area contributed by atoms with Gasteiger partial charge in [-0.3, -0.25) is 0 Å². The fourth-order valence-corrected chi connectivity index (χ4v) is 3.17. The molecule has 0 aliphatic heterocycles. The summed E-state index contributed by atoms with van der Waals surface area (Å²) >= 11 is 0. The van der Waals surface area contributed by atoms with Crippen molar-refractivity contribution in [3.8, 4) is 0 Å². The third kappa shape index (κ3) is 5.79. The van der Waals surface area contributed by atoms with Gasteiger partial charge >= 0.3 is 21.2 Å². The Bertz CT molecular complexity index is 493. The average molecular weight is 362 g/mol. The molecule has 10 heteroatoms. The van der Waals surface area contributed by atoms with E-state index < -0.39 is 32.3 Å². The molecule has 0 amide bonds. The second kappa shape index (κ2) is 7.20. The molecule has 0 bridgehead atoms. The summed E-state index contributed by atoms with van der Waals surface area (Å²) < 4.78 is 85.9. The fraction of sp³-hybridized carbons (Fsp3) is 0.538. The van der Waals surface area contributed by atoms with E-state index in [1.807, 2.05) is 0 Å². The van der Waals surface area contributed by atoms with E-state index in [2.05, 4.69) is 0 Å². The Labute approximate surface area is 130 Å². The van der Waals surface area contributed by atoms with E-state index in [0.717, 1.165) is 0 Å². The average Bonchev–Trinajstić information content (AvgIpc) is 2.45. The number of halogens is 6. The number of aryl methyl sites for hydroxylation is 1. The van der Waals surface area contributed by atoms with Gasteiger partial charge in [-0.2, -0.15) is 26.3 Å².